The van der Waals surface area contributed by atoms with Gasteiger partial charge in [0.1, 0.15) is 0 Å². The van der Waals surface area contributed by atoms with Gasteiger partial charge in [0.15, 0.2) is 0 Å². The van der Waals surface area contributed by atoms with E-state index in [0.29, 0.717) is 0 Å². The number of hydrogen-bond donors (Lipinski definition) is 0. The molecule has 8 aromatic carbocycles. The summed E-state index contributed by atoms with van der Waals surface area (Å²) >= 11 is 0. The number of rotatable bonds is 3. The van der Waals surface area contributed by atoms with Crippen LogP contribution in [-0.4, -0.2) is 0 Å². The summed E-state index contributed by atoms with van der Waals surface area (Å²) in [4.78, 5) is 0. The summed E-state index contributed by atoms with van der Waals surface area (Å²) in [5, 5.41) is 7.70. The maximum absolute atomic E-state index is 2.47. The van der Waals surface area contributed by atoms with Crippen molar-refractivity contribution in [1.82, 2.24) is 0 Å². The van der Waals surface area contributed by atoms with Gasteiger partial charge in [-0.05, 0) is 138 Å². The Labute approximate surface area is 283 Å². The number of fused-ring (bicyclic) bond motifs is 6. The third kappa shape index (κ3) is 4.15. The first kappa shape index (κ1) is 28.7. The number of benzene rings is 8. The van der Waals surface area contributed by atoms with Crippen molar-refractivity contribution in [3.05, 3.63) is 167 Å². The predicted octanol–water partition coefficient (Wildman–Crippen LogP) is 13.4. The van der Waals surface area contributed by atoms with Gasteiger partial charge in [-0.25, -0.2) is 0 Å². The highest BCUT2D eigenvalue weighted by molar-refractivity contribution is 6.22. The van der Waals surface area contributed by atoms with Crippen LogP contribution in [0.1, 0.15) is 41.7 Å². The lowest BCUT2D eigenvalue weighted by Gasteiger charge is -2.22. The number of aryl methyl sites for hydroxylation is 2. The highest BCUT2D eigenvalue weighted by Crippen LogP contribution is 2.51. The van der Waals surface area contributed by atoms with E-state index in [2.05, 4.69) is 174 Å². The average molecular weight is 615 g/mol. The molecule has 9 rings (SSSR count). The lowest BCUT2D eigenvalue weighted by Crippen LogP contribution is -2.14. The molecule has 0 nitrogen and oxygen atoms in total. The Hall–Kier alpha value is -5.46. The van der Waals surface area contributed by atoms with Crippen LogP contribution in [0.3, 0.4) is 0 Å². The van der Waals surface area contributed by atoms with Gasteiger partial charge in [-0.1, -0.05) is 141 Å². The van der Waals surface area contributed by atoms with Crippen molar-refractivity contribution in [3.63, 3.8) is 0 Å². The van der Waals surface area contributed by atoms with Crippen molar-refractivity contribution < 1.29 is 0 Å². The van der Waals surface area contributed by atoms with Gasteiger partial charge in [0.2, 0.25) is 0 Å². The van der Waals surface area contributed by atoms with Crippen LogP contribution in [0.5, 0.6) is 0 Å². The van der Waals surface area contributed by atoms with Gasteiger partial charge in [-0.3, -0.25) is 0 Å². The van der Waals surface area contributed by atoms with E-state index >= 15 is 0 Å². The normalized spacial score (nSPS) is 13.3. The van der Waals surface area contributed by atoms with E-state index in [1.165, 1.54) is 105 Å². The van der Waals surface area contributed by atoms with Crippen LogP contribution in [0, 0.1) is 20.8 Å². The zero-order valence-electron chi connectivity index (χ0n) is 28.3. The van der Waals surface area contributed by atoms with E-state index in [1.807, 2.05) is 0 Å². The summed E-state index contributed by atoms with van der Waals surface area (Å²) in [6, 6.07) is 52.6. The molecule has 0 fully saturated rings. The number of hydrogen-bond acceptors (Lipinski definition) is 0. The molecule has 230 valence electrons. The van der Waals surface area contributed by atoms with Gasteiger partial charge in [0.25, 0.3) is 0 Å². The summed E-state index contributed by atoms with van der Waals surface area (Å²) in [7, 11) is 0. The molecular weight excluding hydrogens is 577 g/mol. The lowest BCUT2D eigenvalue weighted by atomic mass is 9.81. The highest BCUT2D eigenvalue weighted by Gasteiger charge is 2.35. The maximum atomic E-state index is 2.47. The SMILES string of the molecule is Cc1cc(-c2c3ccccc3c(-c3ccc4c(c3)-c3ccccc3C4(C)C)c3cc(-c4cccc5ccccc45)ccc23)cc(C)c1C. The van der Waals surface area contributed by atoms with E-state index < -0.39 is 0 Å². The molecule has 0 spiro atoms. The van der Waals surface area contributed by atoms with Crippen molar-refractivity contribution in [2.24, 2.45) is 0 Å². The summed E-state index contributed by atoms with van der Waals surface area (Å²) in [6.45, 7) is 11.4. The molecule has 8 aromatic rings. The predicted molar refractivity (Wildman–Crippen MR) is 207 cm³/mol. The third-order valence-electron chi connectivity index (χ3n) is 11.2. The molecule has 0 bridgehead atoms. The average Bonchev–Trinajstić information content (AvgIpc) is 3.34. The Bertz CT molecular complexity index is 2580. The molecule has 0 aromatic heterocycles. The van der Waals surface area contributed by atoms with Crippen molar-refractivity contribution in [3.8, 4) is 44.5 Å². The molecule has 0 N–H and O–H groups in total. The van der Waals surface area contributed by atoms with Crippen LogP contribution >= 0.6 is 0 Å². The fourth-order valence-electron chi connectivity index (χ4n) is 8.50. The summed E-state index contributed by atoms with van der Waals surface area (Å²) < 4.78 is 0. The standard InChI is InChI=1S/C48H38/c1-29-25-35(26-30(2)31(29)3)47-40-18-9-8-17-39(40)46(34-22-24-45-42(28-34)38-16-10-11-20-44(38)48(45,4)5)43-27-33(21-23-41(43)47)37-19-12-14-32-13-6-7-15-36(32)37/h6-28H,1-5H3. The molecule has 0 saturated heterocycles. The summed E-state index contributed by atoms with van der Waals surface area (Å²) in [5.74, 6) is 0. The Morgan fingerprint density at radius 2 is 0.938 bits per heavy atom. The van der Waals surface area contributed by atoms with E-state index in [-0.39, 0.29) is 5.41 Å². The largest absolute Gasteiger partial charge is 0.0619 e. The molecule has 0 unspecified atom stereocenters. The summed E-state index contributed by atoms with van der Waals surface area (Å²) in [6.07, 6.45) is 0. The first-order valence-electron chi connectivity index (χ1n) is 17.1. The third-order valence-corrected chi connectivity index (χ3v) is 11.2. The van der Waals surface area contributed by atoms with Gasteiger partial charge in [0.05, 0.1) is 0 Å². The van der Waals surface area contributed by atoms with Crippen LogP contribution in [-0.2, 0) is 5.41 Å². The minimum absolute atomic E-state index is 0.0266. The minimum Gasteiger partial charge on any atom is -0.0619 e. The fourth-order valence-corrected chi connectivity index (χ4v) is 8.50. The molecule has 1 aliphatic rings. The Morgan fingerprint density at radius 1 is 0.375 bits per heavy atom. The summed E-state index contributed by atoms with van der Waals surface area (Å²) in [5.41, 5.74) is 17.2. The molecule has 0 aliphatic heterocycles. The first-order chi connectivity index (χ1) is 23.3. The zero-order chi connectivity index (χ0) is 32.7. The van der Waals surface area contributed by atoms with Crippen molar-refractivity contribution >= 4 is 32.3 Å². The fraction of sp³-hybridized carbons (Fsp3) is 0.125. The second-order valence-corrected chi connectivity index (χ2v) is 14.2. The van der Waals surface area contributed by atoms with Crippen LogP contribution in [0.2, 0.25) is 0 Å². The van der Waals surface area contributed by atoms with E-state index in [0.717, 1.165) is 0 Å². The van der Waals surface area contributed by atoms with Crippen molar-refractivity contribution in [1.29, 1.82) is 0 Å². The second kappa shape index (κ2) is 10.5. The topological polar surface area (TPSA) is 0 Å². The van der Waals surface area contributed by atoms with Gasteiger partial charge in [0, 0.05) is 5.41 Å². The molecule has 0 saturated carbocycles. The van der Waals surface area contributed by atoms with Gasteiger partial charge in [-0.2, -0.15) is 0 Å². The quantitative estimate of drug-likeness (QED) is 0.174. The molecule has 0 radical (unpaired) electrons. The molecule has 0 heterocycles. The van der Waals surface area contributed by atoms with E-state index in [4.69, 9.17) is 0 Å². The smallest absolute Gasteiger partial charge is 0.0158 e. The molecule has 0 heteroatoms. The van der Waals surface area contributed by atoms with E-state index in [1.54, 1.807) is 0 Å². The van der Waals surface area contributed by atoms with Crippen LogP contribution in [0.25, 0.3) is 76.8 Å². The van der Waals surface area contributed by atoms with Crippen LogP contribution in [0.15, 0.2) is 140 Å². The van der Waals surface area contributed by atoms with Crippen LogP contribution < -0.4 is 0 Å². The van der Waals surface area contributed by atoms with Gasteiger partial charge in [-0.15, -0.1) is 0 Å². The Morgan fingerprint density at radius 3 is 1.71 bits per heavy atom. The monoisotopic (exact) mass is 614 g/mol. The zero-order valence-corrected chi connectivity index (χ0v) is 28.3. The van der Waals surface area contributed by atoms with Crippen molar-refractivity contribution in [2.75, 3.05) is 0 Å². The highest BCUT2D eigenvalue weighted by atomic mass is 14.4. The molecular formula is C48H38. The van der Waals surface area contributed by atoms with Crippen molar-refractivity contribution in [2.45, 2.75) is 40.0 Å². The Balaban J connectivity index is 1.41. The molecule has 48 heavy (non-hydrogen) atoms. The Kier molecular flexibility index (Phi) is 6.30. The molecule has 1 aliphatic carbocycles. The minimum atomic E-state index is -0.0266. The second-order valence-electron chi connectivity index (χ2n) is 14.2. The maximum Gasteiger partial charge on any atom is 0.0158 e. The van der Waals surface area contributed by atoms with E-state index in [9.17, 15) is 0 Å². The van der Waals surface area contributed by atoms with Gasteiger partial charge >= 0.3 is 0 Å². The first-order valence-corrected chi connectivity index (χ1v) is 17.1. The lowest BCUT2D eigenvalue weighted by molar-refractivity contribution is 0.660. The van der Waals surface area contributed by atoms with Crippen LogP contribution in [0.4, 0.5) is 0 Å². The molecule has 0 atom stereocenters. The van der Waals surface area contributed by atoms with Gasteiger partial charge < -0.3 is 0 Å². The molecule has 0 amide bonds.